The molecule has 0 unspecified atom stereocenters. The molecule has 0 bridgehead atoms. The van der Waals surface area contributed by atoms with Gasteiger partial charge in [0.05, 0.1) is 12.1 Å². The summed E-state index contributed by atoms with van der Waals surface area (Å²) in [5, 5.41) is 6.07. The number of nitrogens with zero attached hydrogens (tertiary/aromatic N) is 4. The van der Waals surface area contributed by atoms with E-state index in [4.69, 9.17) is 10.5 Å². The first-order valence-corrected chi connectivity index (χ1v) is 11.9. The Morgan fingerprint density at radius 2 is 2.00 bits per heavy atom. The van der Waals surface area contributed by atoms with Gasteiger partial charge in [-0.25, -0.2) is 9.37 Å². The van der Waals surface area contributed by atoms with Crippen molar-refractivity contribution in [2.45, 2.75) is 32.2 Å². The monoisotopic (exact) mass is 485 g/mol. The first kappa shape index (κ1) is 24.6. The Labute approximate surface area is 204 Å². The molecule has 0 spiro atoms. The molecule has 2 amide bonds. The number of anilines is 3. The summed E-state index contributed by atoms with van der Waals surface area (Å²) in [5.74, 6) is -0.645. The van der Waals surface area contributed by atoms with Gasteiger partial charge in [0, 0.05) is 44.0 Å². The molecule has 10 nitrogen and oxygen atoms in total. The van der Waals surface area contributed by atoms with Crippen molar-refractivity contribution in [2.75, 3.05) is 50.5 Å². The highest BCUT2D eigenvalue weighted by Gasteiger charge is 2.32. The first-order valence-electron chi connectivity index (χ1n) is 11.9. The molecule has 1 saturated carbocycles. The summed E-state index contributed by atoms with van der Waals surface area (Å²) in [6.07, 6.45) is 3.30. The van der Waals surface area contributed by atoms with E-state index in [1.807, 2.05) is 31.0 Å². The summed E-state index contributed by atoms with van der Waals surface area (Å²) >= 11 is 0. The molecule has 1 saturated heterocycles. The number of rotatable bonds is 8. The minimum absolute atomic E-state index is 0.0157. The smallest absolute Gasteiger partial charge is 0.260 e. The molecule has 1 aliphatic heterocycles. The zero-order chi connectivity index (χ0) is 24.9. The molecule has 11 heteroatoms. The predicted octanol–water partition coefficient (Wildman–Crippen LogP) is 1.89. The van der Waals surface area contributed by atoms with Gasteiger partial charge in [0.25, 0.3) is 5.91 Å². The van der Waals surface area contributed by atoms with E-state index in [2.05, 4.69) is 25.5 Å². The molecule has 1 aromatic heterocycles. The number of likely N-dealkylation sites (N-methyl/N-ethyl adjacent to an activating group) is 1. The lowest BCUT2D eigenvalue weighted by Crippen LogP contribution is -2.48. The van der Waals surface area contributed by atoms with Crippen LogP contribution in [0.4, 0.5) is 21.8 Å². The normalized spacial score (nSPS) is 20.5. The molecule has 35 heavy (non-hydrogen) atoms. The number of carbonyl (C=O) groups is 2. The number of hydrogen-bond acceptors (Lipinski definition) is 8. The van der Waals surface area contributed by atoms with Gasteiger partial charge in [0.15, 0.2) is 18.2 Å². The van der Waals surface area contributed by atoms with E-state index in [9.17, 15) is 14.0 Å². The summed E-state index contributed by atoms with van der Waals surface area (Å²) in [7, 11) is 2.04. The number of nitrogens with two attached hydrogens (primary N) is 1. The minimum Gasteiger partial charge on any atom is -0.483 e. The van der Waals surface area contributed by atoms with Crippen LogP contribution in [0.3, 0.4) is 0 Å². The fourth-order valence-corrected chi connectivity index (χ4v) is 4.43. The van der Waals surface area contributed by atoms with Crippen molar-refractivity contribution in [2.24, 2.45) is 11.7 Å². The number of aryl methyl sites for hydroxylation is 1. The van der Waals surface area contributed by atoms with Gasteiger partial charge in [0.2, 0.25) is 11.9 Å². The third kappa shape index (κ3) is 6.16. The van der Waals surface area contributed by atoms with Crippen LogP contribution in [0.5, 0.6) is 5.75 Å². The average molecular weight is 486 g/mol. The molecule has 2 atom stereocenters. The van der Waals surface area contributed by atoms with Gasteiger partial charge < -0.3 is 30.9 Å². The number of primary amides is 1. The van der Waals surface area contributed by atoms with Gasteiger partial charge in [-0.2, -0.15) is 4.98 Å². The topological polar surface area (TPSA) is 126 Å². The van der Waals surface area contributed by atoms with E-state index in [1.54, 1.807) is 6.07 Å². The lowest BCUT2D eigenvalue weighted by molar-refractivity contribution is -0.135. The van der Waals surface area contributed by atoms with Crippen LogP contribution in [0.15, 0.2) is 24.4 Å². The summed E-state index contributed by atoms with van der Waals surface area (Å²) in [4.78, 5) is 36.4. The molecule has 188 valence electrons. The Bertz CT molecular complexity index is 1080. The van der Waals surface area contributed by atoms with E-state index in [0.29, 0.717) is 37.4 Å². The van der Waals surface area contributed by atoms with Gasteiger partial charge in [0.1, 0.15) is 5.75 Å². The van der Waals surface area contributed by atoms with E-state index in [0.717, 1.165) is 31.3 Å². The van der Waals surface area contributed by atoms with Gasteiger partial charge in [-0.3, -0.25) is 9.59 Å². The van der Waals surface area contributed by atoms with Crippen LogP contribution in [-0.4, -0.2) is 77.5 Å². The maximum absolute atomic E-state index is 14.4. The molecular weight excluding hydrogens is 453 g/mol. The average Bonchev–Trinajstić information content (AvgIpc) is 3.30. The highest BCUT2D eigenvalue weighted by Crippen LogP contribution is 2.29. The molecular formula is C24H32FN7O3. The van der Waals surface area contributed by atoms with Crippen molar-refractivity contribution in [1.82, 2.24) is 19.8 Å². The lowest BCUT2D eigenvalue weighted by atomic mass is 10.0. The Morgan fingerprint density at radius 1 is 1.23 bits per heavy atom. The Morgan fingerprint density at radius 3 is 2.74 bits per heavy atom. The number of ether oxygens (including phenoxy) is 1. The predicted molar refractivity (Wildman–Crippen MR) is 130 cm³/mol. The van der Waals surface area contributed by atoms with Gasteiger partial charge >= 0.3 is 0 Å². The maximum Gasteiger partial charge on any atom is 0.260 e. The van der Waals surface area contributed by atoms with Crippen molar-refractivity contribution in [3.05, 3.63) is 35.8 Å². The Kier molecular flexibility index (Phi) is 7.64. The molecule has 1 aliphatic carbocycles. The summed E-state index contributed by atoms with van der Waals surface area (Å²) in [6.45, 7) is 4.94. The molecule has 4 rings (SSSR count). The number of halogens is 1. The number of amides is 2. The molecule has 0 radical (unpaired) electrons. The highest BCUT2D eigenvalue weighted by molar-refractivity contribution is 5.78. The van der Waals surface area contributed by atoms with E-state index in [1.165, 1.54) is 0 Å². The minimum atomic E-state index is -0.610. The SMILES string of the molecule is Cc1ccc(Nc2ncc(F)c(N[C@H]3CCC[C@H]3C(N)=O)n2)cc1OCC(=O)N1CCN(C)CC1. The fraction of sp³-hybridized carbons (Fsp3) is 0.500. The van der Waals surface area contributed by atoms with Crippen LogP contribution < -0.4 is 21.1 Å². The quantitative estimate of drug-likeness (QED) is 0.518. The molecule has 1 aromatic carbocycles. The highest BCUT2D eigenvalue weighted by atomic mass is 19.1. The standard InChI is InChI=1S/C24H32FN7O3/c1-15-6-7-16(12-20(15)35-14-21(33)32-10-8-31(2)9-11-32)28-24-27-13-18(25)23(30-24)29-19-5-3-4-17(19)22(26)34/h6-7,12-13,17,19H,3-5,8-11,14H2,1-2H3,(H2,26,34)(H2,27,28,29,30)/t17-,19+/m1/s1. The zero-order valence-corrected chi connectivity index (χ0v) is 20.1. The van der Waals surface area contributed by atoms with Crippen molar-refractivity contribution >= 4 is 29.3 Å². The number of hydrogen-bond donors (Lipinski definition) is 3. The zero-order valence-electron chi connectivity index (χ0n) is 20.1. The molecule has 2 fully saturated rings. The second-order valence-corrected chi connectivity index (χ2v) is 9.16. The molecule has 4 N–H and O–H groups in total. The van der Waals surface area contributed by atoms with Crippen LogP contribution in [-0.2, 0) is 9.59 Å². The first-order chi connectivity index (χ1) is 16.8. The number of benzene rings is 1. The van der Waals surface area contributed by atoms with Gasteiger partial charge in [-0.1, -0.05) is 12.5 Å². The van der Waals surface area contributed by atoms with Gasteiger partial charge in [-0.05, 0) is 38.4 Å². The summed E-state index contributed by atoms with van der Waals surface area (Å²) in [5.41, 5.74) is 6.98. The van der Waals surface area contributed by atoms with E-state index in [-0.39, 0.29) is 36.2 Å². The van der Waals surface area contributed by atoms with E-state index >= 15 is 0 Å². The largest absolute Gasteiger partial charge is 0.483 e. The van der Waals surface area contributed by atoms with Crippen LogP contribution in [0.1, 0.15) is 24.8 Å². The second-order valence-electron chi connectivity index (χ2n) is 9.16. The van der Waals surface area contributed by atoms with Crippen LogP contribution in [0.25, 0.3) is 0 Å². The Hall–Kier alpha value is -3.47. The lowest BCUT2D eigenvalue weighted by Gasteiger charge is -2.32. The number of piperazine rings is 1. The van der Waals surface area contributed by atoms with Crippen molar-refractivity contribution < 1.29 is 18.7 Å². The number of nitrogens with one attached hydrogen (secondary N) is 2. The molecule has 2 heterocycles. The van der Waals surface area contributed by atoms with Gasteiger partial charge in [-0.15, -0.1) is 0 Å². The van der Waals surface area contributed by atoms with Crippen LogP contribution >= 0.6 is 0 Å². The summed E-state index contributed by atoms with van der Waals surface area (Å²) in [6, 6.07) is 5.18. The maximum atomic E-state index is 14.4. The number of aromatic nitrogens is 2. The Balaban J connectivity index is 1.40. The molecule has 2 aliphatic rings. The van der Waals surface area contributed by atoms with E-state index < -0.39 is 11.7 Å². The molecule has 2 aromatic rings. The van der Waals surface area contributed by atoms with Crippen molar-refractivity contribution in [3.8, 4) is 5.75 Å². The fourth-order valence-electron chi connectivity index (χ4n) is 4.43. The van der Waals surface area contributed by atoms with Crippen molar-refractivity contribution in [1.29, 1.82) is 0 Å². The third-order valence-electron chi connectivity index (χ3n) is 6.60. The van der Waals surface area contributed by atoms with Crippen molar-refractivity contribution in [3.63, 3.8) is 0 Å². The van der Waals surface area contributed by atoms with Crippen LogP contribution in [0.2, 0.25) is 0 Å². The van der Waals surface area contributed by atoms with Crippen LogP contribution in [0, 0.1) is 18.7 Å². The summed E-state index contributed by atoms with van der Waals surface area (Å²) < 4.78 is 20.2. The number of carbonyl (C=O) groups excluding carboxylic acids is 2. The second kappa shape index (κ2) is 10.9. The third-order valence-corrected chi connectivity index (χ3v) is 6.60.